The van der Waals surface area contributed by atoms with Gasteiger partial charge in [0.1, 0.15) is 5.71 Å². The van der Waals surface area contributed by atoms with Gasteiger partial charge in [0.05, 0.1) is 0 Å². The van der Waals surface area contributed by atoms with Gasteiger partial charge in [0.25, 0.3) is 5.91 Å². The van der Waals surface area contributed by atoms with Gasteiger partial charge in [-0.2, -0.15) is 5.10 Å². The van der Waals surface area contributed by atoms with Crippen LogP contribution in [0.15, 0.2) is 29.4 Å². The third-order valence-electron chi connectivity index (χ3n) is 4.74. The quantitative estimate of drug-likeness (QED) is 0.776. The van der Waals surface area contributed by atoms with E-state index in [9.17, 15) is 14.4 Å². The van der Waals surface area contributed by atoms with Crippen LogP contribution in [0.25, 0.3) is 0 Å². The van der Waals surface area contributed by atoms with E-state index in [2.05, 4.69) is 5.10 Å². The highest BCUT2D eigenvalue weighted by atomic mass is 35.5. The number of likely N-dealkylation sites (tertiary alicyclic amines) is 1. The van der Waals surface area contributed by atoms with Crippen LogP contribution >= 0.6 is 11.6 Å². The lowest BCUT2D eigenvalue weighted by atomic mass is 9.88. The van der Waals surface area contributed by atoms with Gasteiger partial charge in [-0.05, 0) is 37.1 Å². The Labute approximate surface area is 151 Å². The summed E-state index contributed by atoms with van der Waals surface area (Å²) in [6.45, 7) is 1.05. The smallest absolute Gasteiger partial charge is 0.270 e. The van der Waals surface area contributed by atoms with Crippen LogP contribution in [-0.2, 0) is 9.59 Å². The Bertz CT molecular complexity index is 722. The largest absolute Gasteiger partial charge is 0.337 e. The van der Waals surface area contributed by atoms with Gasteiger partial charge in [-0.3, -0.25) is 14.4 Å². The van der Waals surface area contributed by atoms with Gasteiger partial charge >= 0.3 is 0 Å². The number of amides is 2. The molecule has 132 valence electrons. The van der Waals surface area contributed by atoms with Gasteiger partial charge in [0, 0.05) is 49.5 Å². The van der Waals surface area contributed by atoms with Crippen molar-refractivity contribution in [3.63, 3.8) is 0 Å². The first kappa shape index (κ1) is 17.6. The first-order valence-corrected chi connectivity index (χ1v) is 8.76. The highest BCUT2D eigenvalue weighted by molar-refractivity contribution is 6.39. The number of piperidine rings is 1. The molecule has 0 atom stereocenters. The van der Waals surface area contributed by atoms with Crippen LogP contribution in [0.2, 0.25) is 5.02 Å². The second-order valence-electron chi connectivity index (χ2n) is 6.40. The summed E-state index contributed by atoms with van der Waals surface area (Å²) in [4.78, 5) is 38.3. The van der Waals surface area contributed by atoms with Crippen LogP contribution in [0, 0.1) is 5.92 Å². The molecule has 25 heavy (non-hydrogen) atoms. The second kappa shape index (κ2) is 7.35. The lowest BCUT2D eigenvalue weighted by molar-refractivity contribution is -0.130. The van der Waals surface area contributed by atoms with E-state index in [0.29, 0.717) is 55.1 Å². The van der Waals surface area contributed by atoms with Crippen molar-refractivity contribution < 1.29 is 14.4 Å². The molecule has 3 rings (SSSR count). The normalized spacial score (nSPS) is 19.0. The summed E-state index contributed by atoms with van der Waals surface area (Å²) < 4.78 is 0. The number of hydrazone groups is 1. The molecule has 2 aliphatic rings. The lowest BCUT2D eigenvalue weighted by Gasteiger charge is -2.32. The van der Waals surface area contributed by atoms with Crippen molar-refractivity contribution in [1.82, 2.24) is 9.91 Å². The van der Waals surface area contributed by atoms with Crippen molar-refractivity contribution in [2.75, 3.05) is 20.1 Å². The maximum Gasteiger partial charge on any atom is 0.270 e. The van der Waals surface area contributed by atoms with Crippen LogP contribution < -0.4 is 0 Å². The average Bonchev–Trinajstić information content (AvgIpc) is 2.63. The fourth-order valence-electron chi connectivity index (χ4n) is 3.20. The van der Waals surface area contributed by atoms with Gasteiger partial charge in [-0.25, -0.2) is 5.01 Å². The third-order valence-corrected chi connectivity index (χ3v) is 4.99. The van der Waals surface area contributed by atoms with E-state index in [-0.39, 0.29) is 23.5 Å². The molecule has 7 heteroatoms. The molecule has 2 aliphatic heterocycles. The Morgan fingerprint density at radius 1 is 1.12 bits per heavy atom. The van der Waals surface area contributed by atoms with Crippen molar-refractivity contribution in [3.05, 3.63) is 34.9 Å². The molecule has 0 saturated carbocycles. The van der Waals surface area contributed by atoms with E-state index in [4.69, 9.17) is 11.6 Å². The zero-order valence-electron chi connectivity index (χ0n) is 14.1. The molecule has 0 N–H and O–H groups in total. The van der Waals surface area contributed by atoms with Gasteiger partial charge < -0.3 is 4.90 Å². The van der Waals surface area contributed by atoms with Crippen LogP contribution in [0.4, 0.5) is 0 Å². The number of nitrogens with zero attached hydrogens (tertiary/aromatic N) is 3. The van der Waals surface area contributed by atoms with Gasteiger partial charge in [0.2, 0.25) is 5.91 Å². The number of hydrogen-bond acceptors (Lipinski definition) is 4. The van der Waals surface area contributed by atoms with Crippen LogP contribution in [0.3, 0.4) is 0 Å². The van der Waals surface area contributed by atoms with Gasteiger partial charge in [-0.15, -0.1) is 0 Å². The SMILES string of the molecule is CN1N=C(C(=O)N2CCC(C(=O)c3ccc(Cl)cc3)CC2)CCC1=O. The minimum Gasteiger partial charge on any atom is -0.337 e. The minimum atomic E-state index is -0.128. The number of benzene rings is 1. The molecule has 1 fully saturated rings. The van der Waals surface area contributed by atoms with Crippen molar-refractivity contribution in [2.45, 2.75) is 25.7 Å². The number of hydrogen-bond donors (Lipinski definition) is 0. The van der Waals surface area contributed by atoms with E-state index in [1.807, 2.05) is 0 Å². The maximum atomic E-state index is 12.6. The molecular weight excluding hydrogens is 342 g/mol. The standard InChI is InChI=1S/C18H20ClN3O3/c1-21-16(23)7-6-15(20-21)18(25)22-10-8-13(9-11-22)17(24)12-2-4-14(19)5-3-12/h2-5,13H,6-11H2,1H3. The number of Topliss-reactive ketones (excluding diaryl/α,β-unsaturated/α-hetero) is 1. The van der Waals surface area contributed by atoms with Crippen LogP contribution in [-0.4, -0.2) is 53.4 Å². The molecule has 0 bridgehead atoms. The summed E-state index contributed by atoms with van der Waals surface area (Å²) in [6, 6.07) is 6.91. The van der Waals surface area contributed by atoms with Crippen molar-refractivity contribution >= 4 is 34.9 Å². The molecule has 1 aromatic carbocycles. The van der Waals surface area contributed by atoms with E-state index in [0.717, 1.165) is 0 Å². The third kappa shape index (κ3) is 3.90. The maximum absolute atomic E-state index is 12.6. The summed E-state index contributed by atoms with van der Waals surface area (Å²) in [5.74, 6) is -0.188. The Hall–Kier alpha value is -2.21. The van der Waals surface area contributed by atoms with Crippen molar-refractivity contribution in [2.24, 2.45) is 11.0 Å². The molecule has 0 unspecified atom stereocenters. The highest BCUT2D eigenvalue weighted by Crippen LogP contribution is 2.23. The monoisotopic (exact) mass is 361 g/mol. The van der Waals surface area contributed by atoms with Crippen LogP contribution in [0.5, 0.6) is 0 Å². The molecule has 0 radical (unpaired) electrons. The fraction of sp³-hybridized carbons (Fsp3) is 0.444. The number of carbonyl (C=O) groups is 3. The lowest BCUT2D eigenvalue weighted by Crippen LogP contribution is -2.45. The van der Waals surface area contributed by atoms with Gasteiger partial charge in [0.15, 0.2) is 5.78 Å². The molecular formula is C18H20ClN3O3. The summed E-state index contributed by atoms with van der Waals surface area (Å²) in [7, 11) is 1.56. The van der Waals surface area contributed by atoms with E-state index >= 15 is 0 Å². The molecule has 1 aromatic rings. The Morgan fingerprint density at radius 3 is 2.36 bits per heavy atom. The van der Waals surface area contributed by atoms with Gasteiger partial charge in [-0.1, -0.05) is 11.6 Å². The first-order chi connectivity index (χ1) is 12.0. The number of carbonyl (C=O) groups excluding carboxylic acids is 3. The topological polar surface area (TPSA) is 70.1 Å². The Kier molecular flexibility index (Phi) is 5.18. The Balaban J connectivity index is 1.59. The Morgan fingerprint density at radius 2 is 1.76 bits per heavy atom. The van der Waals surface area contributed by atoms with Crippen LogP contribution in [0.1, 0.15) is 36.0 Å². The zero-order chi connectivity index (χ0) is 18.0. The molecule has 6 nitrogen and oxygen atoms in total. The summed E-state index contributed by atoms with van der Waals surface area (Å²) in [5.41, 5.74) is 1.08. The van der Waals surface area contributed by atoms with E-state index in [1.165, 1.54) is 5.01 Å². The van der Waals surface area contributed by atoms with E-state index in [1.54, 1.807) is 36.2 Å². The average molecular weight is 362 g/mol. The molecule has 2 amide bonds. The minimum absolute atomic E-state index is 0.0798. The molecule has 2 heterocycles. The number of halogens is 1. The highest BCUT2D eigenvalue weighted by Gasteiger charge is 2.31. The van der Waals surface area contributed by atoms with Crippen molar-refractivity contribution in [3.8, 4) is 0 Å². The second-order valence-corrected chi connectivity index (χ2v) is 6.84. The molecule has 0 aromatic heterocycles. The molecule has 1 saturated heterocycles. The number of rotatable bonds is 3. The van der Waals surface area contributed by atoms with Crippen molar-refractivity contribution in [1.29, 1.82) is 0 Å². The predicted molar refractivity (Wildman–Crippen MR) is 94.5 cm³/mol. The summed E-state index contributed by atoms with van der Waals surface area (Å²) >= 11 is 5.86. The summed E-state index contributed by atoms with van der Waals surface area (Å²) in [5, 5.41) is 5.91. The first-order valence-electron chi connectivity index (χ1n) is 8.39. The zero-order valence-corrected chi connectivity index (χ0v) is 14.8. The summed E-state index contributed by atoms with van der Waals surface area (Å²) in [6.07, 6.45) is 1.96. The number of ketones is 1. The molecule has 0 aliphatic carbocycles. The predicted octanol–water partition coefficient (Wildman–Crippen LogP) is 2.37. The molecule has 0 spiro atoms. The fourth-order valence-corrected chi connectivity index (χ4v) is 3.33. The van der Waals surface area contributed by atoms with E-state index < -0.39 is 0 Å².